The molecule has 0 atom stereocenters. The molecule has 1 N–H and O–H groups in total. The van der Waals surface area contributed by atoms with Crippen LogP contribution in [-0.4, -0.2) is 33.9 Å². The first-order chi connectivity index (χ1) is 6.50. The molecule has 1 aromatic carbocycles. The SMILES string of the molecule is CNc1ccccc1S(=O)(=O)N(C)C.Cl. The van der Waals surface area contributed by atoms with Gasteiger partial charge in [-0.05, 0) is 12.1 Å². The summed E-state index contributed by atoms with van der Waals surface area (Å²) in [6, 6.07) is 6.81. The zero-order valence-corrected chi connectivity index (χ0v) is 10.5. The third kappa shape index (κ3) is 2.84. The average molecular weight is 251 g/mol. The number of rotatable bonds is 3. The second-order valence-electron chi connectivity index (χ2n) is 3.03. The maximum absolute atomic E-state index is 11.8. The van der Waals surface area contributed by atoms with Crippen molar-refractivity contribution >= 4 is 28.1 Å². The molecular formula is C9H15ClN2O2S. The Morgan fingerprint density at radius 3 is 2.20 bits per heavy atom. The summed E-state index contributed by atoms with van der Waals surface area (Å²) in [7, 11) is 1.38. The first-order valence-corrected chi connectivity index (χ1v) is 5.63. The molecule has 0 spiro atoms. The van der Waals surface area contributed by atoms with Gasteiger partial charge < -0.3 is 5.32 Å². The van der Waals surface area contributed by atoms with Gasteiger partial charge in [0.1, 0.15) is 4.90 Å². The van der Waals surface area contributed by atoms with Gasteiger partial charge in [-0.3, -0.25) is 0 Å². The van der Waals surface area contributed by atoms with E-state index in [9.17, 15) is 8.42 Å². The predicted octanol–water partition coefficient (Wildman–Crippen LogP) is 1.40. The Morgan fingerprint density at radius 2 is 1.73 bits per heavy atom. The molecule has 0 aliphatic heterocycles. The fourth-order valence-corrected chi connectivity index (χ4v) is 2.19. The van der Waals surface area contributed by atoms with E-state index < -0.39 is 10.0 Å². The molecule has 0 saturated heterocycles. The van der Waals surface area contributed by atoms with Crippen molar-refractivity contribution in [2.45, 2.75) is 4.90 Å². The molecule has 0 saturated carbocycles. The Bertz CT molecular complexity index is 418. The van der Waals surface area contributed by atoms with E-state index >= 15 is 0 Å². The summed E-state index contributed by atoms with van der Waals surface area (Å²) in [4.78, 5) is 0.299. The Morgan fingerprint density at radius 1 is 1.20 bits per heavy atom. The maximum atomic E-state index is 11.8. The van der Waals surface area contributed by atoms with Gasteiger partial charge in [-0.25, -0.2) is 12.7 Å². The molecule has 0 unspecified atom stereocenters. The summed E-state index contributed by atoms with van der Waals surface area (Å²) in [6.07, 6.45) is 0. The highest BCUT2D eigenvalue weighted by molar-refractivity contribution is 7.89. The topological polar surface area (TPSA) is 49.4 Å². The molecule has 0 fully saturated rings. The van der Waals surface area contributed by atoms with Gasteiger partial charge in [0.25, 0.3) is 0 Å². The molecule has 6 heteroatoms. The first kappa shape index (κ1) is 14.2. The summed E-state index contributed by atoms with van der Waals surface area (Å²) in [5.74, 6) is 0. The molecule has 86 valence electrons. The van der Waals surface area contributed by atoms with Crippen molar-refractivity contribution in [1.82, 2.24) is 4.31 Å². The predicted molar refractivity (Wildman–Crippen MR) is 64.1 cm³/mol. The third-order valence-corrected chi connectivity index (χ3v) is 3.79. The van der Waals surface area contributed by atoms with Crippen molar-refractivity contribution in [2.75, 3.05) is 26.5 Å². The molecule has 0 bridgehead atoms. The van der Waals surface area contributed by atoms with Crippen molar-refractivity contribution in [3.8, 4) is 0 Å². The fraction of sp³-hybridized carbons (Fsp3) is 0.333. The number of nitrogens with zero attached hydrogens (tertiary/aromatic N) is 1. The lowest BCUT2D eigenvalue weighted by molar-refractivity contribution is 0.521. The van der Waals surface area contributed by atoms with Crippen LogP contribution in [0.4, 0.5) is 5.69 Å². The normalized spacial score (nSPS) is 10.9. The maximum Gasteiger partial charge on any atom is 0.244 e. The minimum atomic E-state index is -3.35. The standard InChI is InChI=1S/C9H14N2O2S.ClH/c1-10-8-6-4-5-7-9(8)14(12,13)11(2)3;/h4-7,10H,1-3H3;1H. The zero-order valence-electron chi connectivity index (χ0n) is 8.89. The van der Waals surface area contributed by atoms with E-state index in [4.69, 9.17) is 0 Å². The van der Waals surface area contributed by atoms with Crippen molar-refractivity contribution in [1.29, 1.82) is 0 Å². The highest BCUT2D eigenvalue weighted by atomic mass is 35.5. The van der Waals surface area contributed by atoms with Crippen LogP contribution in [0.2, 0.25) is 0 Å². The summed E-state index contributed by atoms with van der Waals surface area (Å²) in [5, 5.41) is 2.85. The monoisotopic (exact) mass is 250 g/mol. The third-order valence-electron chi connectivity index (χ3n) is 1.92. The average Bonchev–Trinajstić information content (AvgIpc) is 2.17. The van der Waals surface area contributed by atoms with Crippen molar-refractivity contribution in [3.63, 3.8) is 0 Å². The minimum absolute atomic E-state index is 0. The second-order valence-corrected chi connectivity index (χ2v) is 5.15. The Labute approximate surface area is 96.7 Å². The van der Waals surface area contributed by atoms with Crippen molar-refractivity contribution < 1.29 is 8.42 Å². The van der Waals surface area contributed by atoms with Crippen LogP contribution in [0, 0.1) is 0 Å². The molecule has 0 aliphatic carbocycles. The van der Waals surface area contributed by atoms with Crippen LogP contribution in [0.15, 0.2) is 29.2 Å². The van der Waals surface area contributed by atoms with Crippen LogP contribution < -0.4 is 5.32 Å². The van der Waals surface area contributed by atoms with Crippen molar-refractivity contribution in [2.24, 2.45) is 0 Å². The Kier molecular flexibility index (Phi) is 5.07. The molecule has 1 rings (SSSR count). The summed E-state index contributed by atoms with van der Waals surface area (Å²) < 4.78 is 24.8. The number of halogens is 1. The molecule has 15 heavy (non-hydrogen) atoms. The minimum Gasteiger partial charge on any atom is -0.387 e. The highest BCUT2D eigenvalue weighted by Gasteiger charge is 2.19. The Balaban J connectivity index is 0.00000196. The number of anilines is 1. The molecule has 0 radical (unpaired) electrons. The van der Waals surface area contributed by atoms with E-state index in [2.05, 4.69) is 5.32 Å². The van der Waals surface area contributed by atoms with E-state index in [1.165, 1.54) is 18.4 Å². The van der Waals surface area contributed by atoms with Gasteiger partial charge >= 0.3 is 0 Å². The fourth-order valence-electron chi connectivity index (χ4n) is 1.09. The van der Waals surface area contributed by atoms with Crippen LogP contribution in [0.3, 0.4) is 0 Å². The number of benzene rings is 1. The summed E-state index contributed by atoms with van der Waals surface area (Å²) in [6.45, 7) is 0. The molecule has 0 amide bonds. The van der Waals surface area contributed by atoms with Gasteiger partial charge in [0.15, 0.2) is 0 Å². The number of hydrogen-bond acceptors (Lipinski definition) is 3. The van der Waals surface area contributed by atoms with E-state index in [1.54, 1.807) is 31.3 Å². The van der Waals surface area contributed by atoms with Gasteiger partial charge in [-0.15, -0.1) is 12.4 Å². The quantitative estimate of drug-likeness (QED) is 0.882. The molecule has 4 nitrogen and oxygen atoms in total. The number of para-hydroxylation sites is 1. The molecule has 0 aromatic heterocycles. The molecule has 1 aromatic rings. The number of nitrogens with one attached hydrogen (secondary N) is 1. The summed E-state index contributed by atoms with van der Waals surface area (Å²) >= 11 is 0. The van der Waals surface area contributed by atoms with Crippen LogP contribution in [0.25, 0.3) is 0 Å². The molecule has 0 aliphatic rings. The smallest absolute Gasteiger partial charge is 0.244 e. The van der Waals surface area contributed by atoms with Gasteiger partial charge in [0.2, 0.25) is 10.0 Å². The largest absolute Gasteiger partial charge is 0.387 e. The highest BCUT2D eigenvalue weighted by Crippen LogP contribution is 2.22. The number of sulfonamides is 1. The Hall–Kier alpha value is -0.780. The van der Waals surface area contributed by atoms with Gasteiger partial charge in [0, 0.05) is 21.1 Å². The van der Waals surface area contributed by atoms with E-state index in [0.717, 1.165) is 0 Å². The lowest BCUT2D eigenvalue weighted by Crippen LogP contribution is -2.23. The van der Waals surface area contributed by atoms with Gasteiger partial charge in [-0.2, -0.15) is 0 Å². The molecule has 0 heterocycles. The first-order valence-electron chi connectivity index (χ1n) is 4.19. The van der Waals surface area contributed by atoms with Crippen LogP contribution in [0.5, 0.6) is 0 Å². The van der Waals surface area contributed by atoms with Crippen molar-refractivity contribution in [3.05, 3.63) is 24.3 Å². The summed E-state index contributed by atoms with van der Waals surface area (Å²) in [5.41, 5.74) is 0.612. The van der Waals surface area contributed by atoms with Gasteiger partial charge in [-0.1, -0.05) is 12.1 Å². The van der Waals surface area contributed by atoms with E-state index in [1.807, 2.05) is 0 Å². The van der Waals surface area contributed by atoms with Crippen LogP contribution in [-0.2, 0) is 10.0 Å². The van der Waals surface area contributed by atoms with Gasteiger partial charge in [0.05, 0.1) is 5.69 Å². The zero-order chi connectivity index (χ0) is 10.8. The second kappa shape index (κ2) is 5.34. The number of hydrogen-bond donors (Lipinski definition) is 1. The van der Waals surface area contributed by atoms with E-state index in [0.29, 0.717) is 10.6 Å². The lowest BCUT2D eigenvalue weighted by Gasteiger charge is -2.14. The van der Waals surface area contributed by atoms with Crippen LogP contribution >= 0.6 is 12.4 Å². The van der Waals surface area contributed by atoms with Crippen LogP contribution in [0.1, 0.15) is 0 Å². The van der Waals surface area contributed by atoms with E-state index in [-0.39, 0.29) is 12.4 Å². The lowest BCUT2D eigenvalue weighted by atomic mass is 10.3. The molecular weight excluding hydrogens is 236 g/mol.